The van der Waals surface area contributed by atoms with Crippen molar-refractivity contribution in [3.63, 3.8) is 0 Å². The number of fused-ring (bicyclic) bond motifs is 1. The summed E-state index contributed by atoms with van der Waals surface area (Å²) in [7, 11) is 0. The topological polar surface area (TPSA) is 126 Å². The SMILES string of the molecule is CC(=O)NCc1ccc(-c2csc(NC(=O)Cn3c(=O)[nH]c4ccccc4c3=O)n2)s1. The number of nitrogens with one attached hydrogen (secondary N) is 3. The molecule has 0 saturated heterocycles. The maximum Gasteiger partial charge on any atom is 0.329 e. The van der Waals surface area contributed by atoms with E-state index < -0.39 is 23.7 Å². The Morgan fingerprint density at radius 3 is 2.77 bits per heavy atom. The van der Waals surface area contributed by atoms with Gasteiger partial charge in [0.05, 0.1) is 28.0 Å². The number of aromatic amines is 1. The van der Waals surface area contributed by atoms with E-state index >= 15 is 0 Å². The molecule has 0 radical (unpaired) electrons. The minimum atomic E-state index is -0.649. The zero-order chi connectivity index (χ0) is 22.0. The van der Waals surface area contributed by atoms with Crippen LogP contribution in [0.2, 0.25) is 0 Å². The van der Waals surface area contributed by atoms with Crippen LogP contribution in [0.5, 0.6) is 0 Å². The summed E-state index contributed by atoms with van der Waals surface area (Å²) in [6, 6.07) is 10.4. The molecule has 2 amide bonds. The molecule has 3 aromatic heterocycles. The van der Waals surface area contributed by atoms with E-state index in [-0.39, 0.29) is 5.91 Å². The highest BCUT2D eigenvalue weighted by Crippen LogP contribution is 2.30. The van der Waals surface area contributed by atoms with Crippen LogP contribution in [0.25, 0.3) is 21.5 Å². The number of nitrogens with zero attached hydrogens (tertiary/aromatic N) is 2. The fraction of sp³-hybridized carbons (Fsp3) is 0.150. The second kappa shape index (κ2) is 8.66. The first-order valence-electron chi connectivity index (χ1n) is 9.21. The van der Waals surface area contributed by atoms with Gasteiger partial charge in [0.1, 0.15) is 6.54 Å². The summed E-state index contributed by atoms with van der Waals surface area (Å²) in [6.07, 6.45) is 0. The number of H-pyrrole nitrogens is 1. The molecule has 9 nitrogen and oxygen atoms in total. The third-order valence-corrected chi connectivity index (χ3v) is 6.23. The first-order valence-corrected chi connectivity index (χ1v) is 10.9. The largest absolute Gasteiger partial charge is 0.351 e. The fourth-order valence-corrected chi connectivity index (χ4v) is 4.62. The molecule has 3 N–H and O–H groups in total. The van der Waals surface area contributed by atoms with Crippen LogP contribution in [0.3, 0.4) is 0 Å². The van der Waals surface area contributed by atoms with Gasteiger partial charge in [0.25, 0.3) is 5.56 Å². The molecular weight excluding hydrogens is 438 g/mol. The number of hydrogen-bond acceptors (Lipinski definition) is 7. The number of carbonyl (C=O) groups is 2. The molecule has 31 heavy (non-hydrogen) atoms. The molecule has 3 heterocycles. The summed E-state index contributed by atoms with van der Waals surface area (Å²) in [5, 5.41) is 7.88. The maximum atomic E-state index is 12.5. The maximum absolute atomic E-state index is 12.5. The fourth-order valence-electron chi connectivity index (χ4n) is 2.91. The first-order chi connectivity index (χ1) is 14.9. The molecule has 0 aliphatic carbocycles. The molecule has 0 aliphatic heterocycles. The smallest absolute Gasteiger partial charge is 0.329 e. The van der Waals surface area contributed by atoms with Gasteiger partial charge in [-0.3, -0.25) is 19.0 Å². The van der Waals surface area contributed by atoms with E-state index in [9.17, 15) is 19.2 Å². The van der Waals surface area contributed by atoms with Crippen molar-refractivity contribution in [3.05, 3.63) is 67.5 Å². The Morgan fingerprint density at radius 1 is 1.16 bits per heavy atom. The lowest BCUT2D eigenvalue weighted by atomic mass is 10.2. The van der Waals surface area contributed by atoms with Crippen LogP contribution in [0.4, 0.5) is 5.13 Å². The van der Waals surface area contributed by atoms with Crippen molar-refractivity contribution in [2.45, 2.75) is 20.0 Å². The molecule has 1 aromatic carbocycles. The molecule has 0 aliphatic rings. The number of thiazole rings is 1. The van der Waals surface area contributed by atoms with Crippen molar-refractivity contribution in [1.29, 1.82) is 0 Å². The number of benzene rings is 1. The van der Waals surface area contributed by atoms with E-state index in [1.165, 1.54) is 29.6 Å². The van der Waals surface area contributed by atoms with Crippen LogP contribution in [0, 0.1) is 0 Å². The Kier molecular flexibility index (Phi) is 5.78. The van der Waals surface area contributed by atoms with E-state index in [0.717, 1.165) is 14.3 Å². The van der Waals surface area contributed by atoms with E-state index in [1.807, 2.05) is 12.1 Å². The molecular formula is C20H17N5O4S2. The first kappa shape index (κ1) is 20.7. The standard InChI is InChI=1S/C20H17N5O4S2/c1-11(26)21-8-12-6-7-16(31-12)15-10-30-19(22-15)24-17(27)9-25-18(28)13-4-2-3-5-14(13)23-20(25)29/h2-7,10H,8-9H2,1H3,(H,21,26)(H,23,29)(H,22,24,27). The number of aromatic nitrogens is 3. The van der Waals surface area contributed by atoms with Crippen molar-refractivity contribution >= 4 is 50.5 Å². The van der Waals surface area contributed by atoms with Gasteiger partial charge < -0.3 is 15.6 Å². The number of amides is 2. The Bertz CT molecular complexity index is 1400. The van der Waals surface area contributed by atoms with Crippen molar-refractivity contribution in [2.24, 2.45) is 0 Å². The van der Waals surface area contributed by atoms with Crippen molar-refractivity contribution in [1.82, 2.24) is 19.9 Å². The van der Waals surface area contributed by atoms with Crippen LogP contribution < -0.4 is 21.9 Å². The Labute approximate surface area is 183 Å². The average Bonchev–Trinajstić information content (AvgIpc) is 3.39. The lowest BCUT2D eigenvalue weighted by molar-refractivity contribution is -0.119. The molecule has 0 bridgehead atoms. The van der Waals surface area contributed by atoms with Gasteiger partial charge in [-0.05, 0) is 24.3 Å². The lowest BCUT2D eigenvalue weighted by Crippen LogP contribution is -2.38. The summed E-state index contributed by atoms with van der Waals surface area (Å²) >= 11 is 2.74. The van der Waals surface area contributed by atoms with Gasteiger partial charge in [-0.25, -0.2) is 9.78 Å². The zero-order valence-corrected chi connectivity index (χ0v) is 17.9. The minimum Gasteiger partial charge on any atom is -0.351 e. The van der Waals surface area contributed by atoms with Gasteiger partial charge >= 0.3 is 5.69 Å². The third kappa shape index (κ3) is 4.62. The predicted octanol–water partition coefficient (Wildman–Crippen LogP) is 2.15. The molecule has 11 heteroatoms. The number of anilines is 1. The average molecular weight is 456 g/mol. The molecule has 0 fully saturated rings. The number of hydrogen-bond donors (Lipinski definition) is 3. The lowest BCUT2D eigenvalue weighted by Gasteiger charge is -2.06. The summed E-state index contributed by atoms with van der Waals surface area (Å²) in [4.78, 5) is 57.1. The zero-order valence-electron chi connectivity index (χ0n) is 16.3. The van der Waals surface area contributed by atoms with Crippen LogP contribution >= 0.6 is 22.7 Å². The van der Waals surface area contributed by atoms with Gasteiger partial charge in [-0.2, -0.15) is 0 Å². The highest BCUT2D eigenvalue weighted by molar-refractivity contribution is 7.17. The normalized spacial score (nSPS) is 10.9. The summed E-state index contributed by atoms with van der Waals surface area (Å²) in [5.74, 6) is -0.626. The third-order valence-electron chi connectivity index (χ3n) is 4.37. The van der Waals surface area contributed by atoms with Crippen LogP contribution in [0.1, 0.15) is 11.8 Å². The highest BCUT2D eigenvalue weighted by atomic mass is 32.1. The van der Waals surface area contributed by atoms with Gasteiger partial charge in [0.15, 0.2) is 5.13 Å². The van der Waals surface area contributed by atoms with E-state index in [2.05, 4.69) is 20.6 Å². The number of para-hydroxylation sites is 1. The minimum absolute atomic E-state index is 0.0991. The number of rotatable bonds is 6. The van der Waals surface area contributed by atoms with E-state index in [0.29, 0.717) is 28.3 Å². The Hall–Kier alpha value is -3.57. The van der Waals surface area contributed by atoms with Crippen LogP contribution in [-0.2, 0) is 22.7 Å². The summed E-state index contributed by atoms with van der Waals surface area (Å²) < 4.78 is 0.861. The number of thiophene rings is 1. The number of carbonyl (C=O) groups excluding carboxylic acids is 2. The van der Waals surface area contributed by atoms with E-state index in [1.54, 1.807) is 29.6 Å². The van der Waals surface area contributed by atoms with Crippen LogP contribution in [-0.4, -0.2) is 26.3 Å². The van der Waals surface area contributed by atoms with Gasteiger partial charge in [-0.15, -0.1) is 22.7 Å². The highest BCUT2D eigenvalue weighted by Gasteiger charge is 2.14. The molecule has 4 aromatic rings. The van der Waals surface area contributed by atoms with Crippen molar-refractivity contribution in [2.75, 3.05) is 5.32 Å². The van der Waals surface area contributed by atoms with Crippen LogP contribution in [0.15, 0.2) is 51.4 Å². The summed E-state index contributed by atoms with van der Waals surface area (Å²) in [6.45, 7) is 1.49. The summed E-state index contributed by atoms with van der Waals surface area (Å²) in [5.41, 5.74) is -0.0591. The van der Waals surface area contributed by atoms with Gasteiger partial charge in [0.2, 0.25) is 11.8 Å². The van der Waals surface area contributed by atoms with Gasteiger partial charge in [-0.1, -0.05) is 12.1 Å². The second-order valence-electron chi connectivity index (χ2n) is 6.63. The molecule has 0 atom stereocenters. The Morgan fingerprint density at radius 2 is 1.97 bits per heavy atom. The second-order valence-corrected chi connectivity index (χ2v) is 8.66. The van der Waals surface area contributed by atoms with E-state index in [4.69, 9.17) is 0 Å². The predicted molar refractivity (Wildman–Crippen MR) is 120 cm³/mol. The monoisotopic (exact) mass is 455 g/mol. The van der Waals surface area contributed by atoms with Crippen molar-refractivity contribution in [3.8, 4) is 10.6 Å². The molecule has 0 unspecified atom stereocenters. The molecule has 0 spiro atoms. The Balaban J connectivity index is 1.47. The molecule has 0 saturated carbocycles. The molecule has 4 rings (SSSR count). The molecule has 158 valence electrons. The quantitative estimate of drug-likeness (QED) is 0.411. The van der Waals surface area contributed by atoms with Gasteiger partial charge in [0, 0.05) is 17.2 Å². The van der Waals surface area contributed by atoms with Crippen molar-refractivity contribution < 1.29 is 9.59 Å².